The molecule has 6 heteroatoms. The summed E-state index contributed by atoms with van der Waals surface area (Å²) in [5.74, 6) is -2.81. The van der Waals surface area contributed by atoms with Crippen LogP contribution in [-0.2, 0) is 11.3 Å². The molecule has 1 aromatic carbocycles. The topological polar surface area (TPSA) is 50.3 Å². The van der Waals surface area contributed by atoms with Crippen LogP contribution in [0.2, 0.25) is 0 Å². The predicted octanol–water partition coefficient (Wildman–Crippen LogP) is 2.09. The van der Waals surface area contributed by atoms with Gasteiger partial charge in [0.05, 0.1) is 24.0 Å². The Kier molecular flexibility index (Phi) is 2.78. The van der Waals surface area contributed by atoms with E-state index in [2.05, 4.69) is 4.98 Å². The number of benzene rings is 1. The minimum absolute atomic E-state index is 0.0272. The third-order valence-corrected chi connectivity index (χ3v) is 3.04. The second-order valence-corrected chi connectivity index (χ2v) is 4.37. The summed E-state index contributed by atoms with van der Waals surface area (Å²) < 4.78 is 26.9. The number of halogens is 2. The number of carbonyl (C=O) groups is 2. The zero-order chi connectivity index (χ0) is 14.3. The van der Waals surface area contributed by atoms with Gasteiger partial charge in [0.2, 0.25) is 0 Å². The van der Waals surface area contributed by atoms with Gasteiger partial charge < -0.3 is 0 Å². The van der Waals surface area contributed by atoms with Crippen molar-refractivity contribution in [2.45, 2.75) is 6.54 Å². The first-order valence-corrected chi connectivity index (χ1v) is 5.82. The Balaban J connectivity index is 2.03. The Morgan fingerprint density at radius 2 is 1.95 bits per heavy atom. The standard InChI is InChI=1S/C14H8F2N2O2/c15-9-4-8(5-17-6-9)7-18-12-10(13(19)14(18)20)2-1-3-11(12)16/h1-6H,7H2. The number of hydrogen-bond acceptors (Lipinski definition) is 3. The zero-order valence-corrected chi connectivity index (χ0v) is 10.1. The number of nitrogens with zero attached hydrogens (tertiary/aromatic N) is 2. The molecule has 1 amide bonds. The van der Waals surface area contributed by atoms with Crippen LogP contribution in [0.1, 0.15) is 15.9 Å². The van der Waals surface area contributed by atoms with Gasteiger partial charge in [-0.2, -0.15) is 0 Å². The summed E-state index contributed by atoms with van der Waals surface area (Å²) in [4.78, 5) is 28.3. The molecular weight excluding hydrogens is 266 g/mol. The summed E-state index contributed by atoms with van der Waals surface area (Å²) in [6.07, 6.45) is 2.38. The lowest BCUT2D eigenvalue weighted by Gasteiger charge is -2.16. The van der Waals surface area contributed by atoms with Gasteiger partial charge in [0.15, 0.2) is 0 Å². The fraction of sp³-hybridized carbons (Fsp3) is 0.0714. The molecule has 4 nitrogen and oxygen atoms in total. The van der Waals surface area contributed by atoms with Crippen molar-refractivity contribution in [1.82, 2.24) is 4.98 Å². The van der Waals surface area contributed by atoms with Gasteiger partial charge in [0.25, 0.3) is 11.7 Å². The molecule has 0 radical (unpaired) electrons. The molecule has 0 fully saturated rings. The minimum atomic E-state index is -0.825. The van der Waals surface area contributed by atoms with E-state index in [1.807, 2.05) is 0 Å². The van der Waals surface area contributed by atoms with E-state index < -0.39 is 23.3 Å². The van der Waals surface area contributed by atoms with Crippen molar-refractivity contribution in [3.05, 3.63) is 59.4 Å². The van der Waals surface area contributed by atoms with Crippen LogP contribution in [0.3, 0.4) is 0 Å². The lowest BCUT2D eigenvalue weighted by molar-refractivity contribution is -0.114. The molecule has 1 aliphatic rings. The van der Waals surface area contributed by atoms with Crippen LogP contribution in [-0.4, -0.2) is 16.7 Å². The molecule has 0 unspecified atom stereocenters. The van der Waals surface area contributed by atoms with E-state index in [1.165, 1.54) is 30.5 Å². The van der Waals surface area contributed by atoms with Crippen LogP contribution in [0.5, 0.6) is 0 Å². The van der Waals surface area contributed by atoms with Gasteiger partial charge in [0.1, 0.15) is 11.6 Å². The average molecular weight is 274 g/mol. The molecule has 0 aliphatic carbocycles. The summed E-state index contributed by atoms with van der Waals surface area (Å²) >= 11 is 0. The Labute approximate surface area is 112 Å². The molecular formula is C14H8F2N2O2. The van der Waals surface area contributed by atoms with E-state index >= 15 is 0 Å². The number of pyridine rings is 1. The maximum atomic E-state index is 13.8. The van der Waals surface area contributed by atoms with Gasteiger partial charge in [0, 0.05) is 6.20 Å². The molecule has 0 spiro atoms. The number of amides is 1. The third kappa shape index (κ3) is 1.85. The smallest absolute Gasteiger partial charge is 0.297 e. The number of para-hydroxylation sites is 1. The Morgan fingerprint density at radius 3 is 2.70 bits per heavy atom. The fourth-order valence-corrected chi connectivity index (χ4v) is 2.19. The first kappa shape index (κ1) is 12.4. The summed E-state index contributed by atoms with van der Waals surface area (Å²) in [7, 11) is 0. The Bertz CT molecular complexity index is 731. The molecule has 0 atom stereocenters. The first-order valence-electron chi connectivity index (χ1n) is 5.82. The molecule has 1 aliphatic heterocycles. The van der Waals surface area contributed by atoms with E-state index in [-0.39, 0.29) is 17.8 Å². The van der Waals surface area contributed by atoms with Crippen LogP contribution in [0.25, 0.3) is 0 Å². The minimum Gasteiger partial charge on any atom is -0.297 e. The zero-order valence-electron chi connectivity index (χ0n) is 10.1. The number of ketones is 1. The largest absolute Gasteiger partial charge is 0.299 e. The van der Waals surface area contributed by atoms with Gasteiger partial charge in [-0.15, -0.1) is 0 Å². The summed E-state index contributed by atoms with van der Waals surface area (Å²) in [6, 6.07) is 5.11. The molecule has 2 heterocycles. The average Bonchev–Trinajstić information content (AvgIpc) is 2.66. The molecule has 0 saturated heterocycles. The quantitative estimate of drug-likeness (QED) is 0.788. The maximum absolute atomic E-state index is 13.8. The molecule has 3 rings (SSSR count). The third-order valence-electron chi connectivity index (χ3n) is 3.04. The van der Waals surface area contributed by atoms with Crippen LogP contribution in [0.4, 0.5) is 14.5 Å². The summed E-state index contributed by atoms with van der Waals surface area (Å²) in [6.45, 7) is -0.108. The van der Waals surface area contributed by atoms with Gasteiger partial charge in [-0.1, -0.05) is 6.07 Å². The lowest BCUT2D eigenvalue weighted by Crippen LogP contribution is -2.29. The second kappa shape index (κ2) is 4.48. The number of hydrogen-bond donors (Lipinski definition) is 0. The Hall–Kier alpha value is -2.63. The number of rotatable bonds is 2. The van der Waals surface area contributed by atoms with E-state index in [0.717, 1.165) is 11.1 Å². The molecule has 20 heavy (non-hydrogen) atoms. The van der Waals surface area contributed by atoms with Crippen molar-refractivity contribution in [2.75, 3.05) is 4.90 Å². The van der Waals surface area contributed by atoms with Crippen LogP contribution < -0.4 is 4.90 Å². The van der Waals surface area contributed by atoms with Crippen molar-refractivity contribution in [1.29, 1.82) is 0 Å². The molecule has 0 N–H and O–H groups in total. The molecule has 1 aromatic heterocycles. The summed E-state index contributed by atoms with van der Waals surface area (Å²) in [5, 5.41) is 0. The lowest BCUT2D eigenvalue weighted by atomic mass is 10.1. The molecule has 100 valence electrons. The van der Waals surface area contributed by atoms with Gasteiger partial charge in [-0.25, -0.2) is 8.78 Å². The number of aromatic nitrogens is 1. The highest BCUT2D eigenvalue weighted by molar-refractivity contribution is 6.52. The van der Waals surface area contributed by atoms with Crippen molar-refractivity contribution in [3.63, 3.8) is 0 Å². The first-order chi connectivity index (χ1) is 9.58. The van der Waals surface area contributed by atoms with E-state index in [0.29, 0.717) is 5.56 Å². The maximum Gasteiger partial charge on any atom is 0.299 e. The van der Waals surface area contributed by atoms with E-state index in [4.69, 9.17) is 0 Å². The predicted molar refractivity (Wildman–Crippen MR) is 66.1 cm³/mol. The van der Waals surface area contributed by atoms with E-state index in [1.54, 1.807) is 0 Å². The number of anilines is 1. The number of carbonyl (C=O) groups excluding carboxylic acids is 2. The number of fused-ring (bicyclic) bond motifs is 1. The monoisotopic (exact) mass is 274 g/mol. The summed E-state index contributed by atoms with van der Waals surface area (Å²) in [5.41, 5.74) is 0.341. The second-order valence-electron chi connectivity index (χ2n) is 4.37. The van der Waals surface area contributed by atoms with Gasteiger partial charge in [-0.3, -0.25) is 19.5 Å². The Morgan fingerprint density at radius 1 is 1.15 bits per heavy atom. The van der Waals surface area contributed by atoms with Crippen LogP contribution in [0, 0.1) is 11.6 Å². The van der Waals surface area contributed by atoms with Crippen LogP contribution >= 0.6 is 0 Å². The normalized spacial score (nSPS) is 13.8. The fourth-order valence-electron chi connectivity index (χ4n) is 2.19. The van der Waals surface area contributed by atoms with Crippen molar-refractivity contribution in [3.8, 4) is 0 Å². The van der Waals surface area contributed by atoms with Crippen molar-refractivity contribution < 1.29 is 18.4 Å². The van der Waals surface area contributed by atoms with Crippen LogP contribution in [0.15, 0.2) is 36.7 Å². The SMILES string of the molecule is O=C1C(=O)N(Cc2cncc(F)c2)c2c(F)cccc21. The molecule has 2 aromatic rings. The number of Topliss-reactive ketones (excluding diaryl/α,β-unsaturated/α-hetero) is 1. The van der Waals surface area contributed by atoms with Gasteiger partial charge in [-0.05, 0) is 23.8 Å². The van der Waals surface area contributed by atoms with Crippen molar-refractivity contribution in [2.24, 2.45) is 0 Å². The molecule has 0 saturated carbocycles. The highest BCUT2D eigenvalue weighted by atomic mass is 19.1. The van der Waals surface area contributed by atoms with Crippen molar-refractivity contribution >= 4 is 17.4 Å². The van der Waals surface area contributed by atoms with Gasteiger partial charge >= 0.3 is 0 Å². The molecule has 0 bridgehead atoms. The highest BCUT2D eigenvalue weighted by Crippen LogP contribution is 2.32. The van der Waals surface area contributed by atoms with E-state index in [9.17, 15) is 18.4 Å². The highest BCUT2D eigenvalue weighted by Gasteiger charge is 2.37.